The molecule has 0 atom stereocenters. The molecule has 6 heteroatoms. The molecule has 0 saturated heterocycles. The highest BCUT2D eigenvalue weighted by molar-refractivity contribution is 9.10. The molecule has 3 rings (SSSR count). The first-order valence-corrected chi connectivity index (χ1v) is 7.79. The Hall–Kier alpha value is -2.60. The first kappa shape index (κ1) is 15.3. The summed E-state index contributed by atoms with van der Waals surface area (Å²) in [6.07, 6.45) is 1.70. The van der Waals surface area contributed by atoms with Crippen LogP contribution in [0.3, 0.4) is 0 Å². The first-order chi connectivity index (χ1) is 11.2. The van der Waals surface area contributed by atoms with Crippen LogP contribution in [-0.4, -0.2) is 17.1 Å². The maximum Gasteiger partial charge on any atom is 0.229 e. The molecule has 3 aromatic rings. The number of para-hydroxylation sites is 2. The van der Waals surface area contributed by atoms with Crippen molar-refractivity contribution in [2.45, 2.75) is 0 Å². The van der Waals surface area contributed by atoms with Crippen molar-refractivity contribution in [1.82, 2.24) is 9.97 Å². The predicted molar refractivity (Wildman–Crippen MR) is 95.7 cm³/mol. The molecule has 0 aliphatic rings. The Bertz CT molecular complexity index is 810. The SMILES string of the molecule is COc1ccccc1Nc1ccnc(Nc2cccc(Br)c2)n1. The van der Waals surface area contributed by atoms with Crippen LogP contribution in [0, 0.1) is 0 Å². The van der Waals surface area contributed by atoms with Gasteiger partial charge in [-0.3, -0.25) is 0 Å². The van der Waals surface area contributed by atoms with Crippen LogP contribution >= 0.6 is 15.9 Å². The Morgan fingerprint density at radius 3 is 2.70 bits per heavy atom. The van der Waals surface area contributed by atoms with Gasteiger partial charge >= 0.3 is 0 Å². The molecule has 0 bridgehead atoms. The number of anilines is 4. The lowest BCUT2D eigenvalue weighted by Crippen LogP contribution is -2.01. The smallest absolute Gasteiger partial charge is 0.229 e. The van der Waals surface area contributed by atoms with E-state index in [9.17, 15) is 0 Å². The van der Waals surface area contributed by atoms with Crippen LogP contribution in [-0.2, 0) is 0 Å². The largest absolute Gasteiger partial charge is 0.495 e. The fraction of sp³-hybridized carbons (Fsp3) is 0.0588. The molecular weight excluding hydrogens is 356 g/mol. The van der Waals surface area contributed by atoms with Gasteiger partial charge in [-0.1, -0.05) is 34.1 Å². The van der Waals surface area contributed by atoms with Gasteiger partial charge in [0.2, 0.25) is 5.95 Å². The quantitative estimate of drug-likeness (QED) is 0.679. The first-order valence-electron chi connectivity index (χ1n) is 7.00. The van der Waals surface area contributed by atoms with Crippen LogP contribution < -0.4 is 15.4 Å². The average molecular weight is 371 g/mol. The molecular formula is C17H15BrN4O. The van der Waals surface area contributed by atoms with E-state index >= 15 is 0 Å². The summed E-state index contributed by atoms with van der Waals surface area (Å²) in [5, 5.41) is 6.41. The third-order valence-corrected chi connectivity index (χ3v) is 3.60. The van der Waals surface area contributed by atoms with Gasteiger partial charge in [-0.2, -0.15) is 4.98 Å². The van der Waals surface area contributed by atoms with Crippen LogP contribution in [0.4, 0.5) is 23.1 Å². The zero-order valence-corrected chi connectivity index (χ0v) is 14.0. The Labute approximate surface area is 142 Å². The van der Waals surface area contributed by atoms with E-state index in [2.05, 4.69) is 36.5 Å². The number of nitrogens with one attached hydrogen (secondary N) is 2. The molecule has 0 aliphatic heterocycles. The molecule has 0 aliphatic carbocycles. The second-order valence-corrected chi connectivity index (χ2v) is 5.64. The topological polar surface area (TPSA) is 59.1 Å². The molecule has 0 amide bonds. The van der Waals surface area contributed by atoms with E-state index in [1.165, 1.54) is 0 Å². The van der Waals surface area contributed by atoms with E-state index in [1.54, 1.807) is 19.4 Å². The van der Waals surface area contributed by atoms with E-state index in [1.807, 2.05) is 48.5 Å². The summed E-state index contributed by atoms with van der Waals surface area (Å²) < 4.78 is 6.32. The molecule has 0 saturated carbocycles. The lowest BCUT2D eigenvalue weighted by molar-refractivity contribution is 0.417. The standard InChI is InChI=1S/C17H15BrN4O/c1-23-15-8-3-2-7-14(15)21-16-9-10-19-17(22-16)20-13-6-4-5-12(18)11-13/h2-11H,1H3,(H2,19,20,21,22). The van der Waals surface area contributed by atoms with Crippen molar-refractivity contribution < 1.29 is 4.74 Å². The second-order valence-electron chi connectivity index (χ2n) is 4.73. The van der Waals surface area contributed by atoms with E-state index in [4.69, 9.17) is 4.74 Å². The molecule has 23 heavy (non-hydrogen) atoms. The van der Waals surface area contributed by atoms with E-state index in [0.717, 1.165) is 21.6 Å². The zero-order valence-electron chi connectivity index (χ0n) is 12.5. The molecule has 1 aromatic heterocycles. The van der Waals surface area contributed by atoms with Gasteiger partial charge in [0.25, 0.3) is 0 Å². The van der Waals surface area contributed by atoms with Gasteiger partial charge in [-0.15, -0.1) is 0 Å². The van der Waals surface area contributed by atoms with Crippen molar-refractivity contribution in [2.75, 3.05) is 17.7 Å². The summed E-state index contributed by atoms with van der Waals surface area (Å²) in [6.45, 7) is 0. The zero-order chi connectivity index (χ0) is 16.1. The molecule has 1 heterocycles. The number of ether oxygens (including phenoxy) is 1. The van der Waals surface area contributed by atoms with Crippen LogP contribution in [0.25, 0.3) is 0 Å². The maximum absolute atomic E-state index is 5.33. The Kier molecular flexibility index (Phi) is 4.73. The fourth-order valence-electron chi connectivity index (χ4n) is 2.07. The van der Waals surface area contributed by atoms with Crippen LogP contribution in [0.15, 0.2) is 65.3 Å². The van der Waals surface area contributed by atoms with Crippen molar-refractivity contribution in [3.05, 3.63) is 65.3 Å². The minimum atomic E-state index is 0.517. The summed E-state index contributed by atoms with van der Waals surface area (Å²) in [5.41, 5.74) is 1.76. The van der Waals surface area contributed by atoms with Crippen LogP contribution in [0.5, 0.6) is 5.75 Å². The van der Waals surface area contributed by atoms with Crippen molar-refractivity contribution in [1.29, 1.82) is 0 Å². The minimum Gasteiger partial charge on any atom is -0.495 e. The molecule has 0 fully saturated rings. The van der Waals surface area contributed by atoms with Crippen molar-refractivity contribution in [3.8, 4) is 5.75 Å². The lowest BCUT2D eigenvalue weighted by Gasteiger charge is -2.11. The summed E-state index contributed by atoms with van der Waals surface area (Å²) in [4.78, 5) is 8.70. The number of hydrogen-bond acceptors (Lipinski definition) is 5. The van der Waals surface area contributed by atoms with Crippen molar-refractivity contribution >= 4 is 39.1 Å². The van der Waals surface area contributed by atoms with Crippen molar-refractivity contribution in [3.63, 3.8) is 0 Å². The van der Waals surface area contributed by atoms with Crippen LogP contribution in [0.2, 0.25) is 0 Å². The fourth-order valence-corrected chi connectivity index (χ4v) is 2.47. The minimum absolute atomic E-state index is 0.517. The normalized spacial score (nSPS) is 10.2. The number of halogens is 1. The maximum atomic E-state index is 5.33. The monoisotopic (exact) mass is 370 g/mol. The molecule has 2 aromatic carbocycles. The predicted octanol–water partition coefficient (Wildman–Crippen LogP) is 4.73. The summed E-state index contributed by atoms with van der Waals surface area (Å²) >= 11 is 3.44. The van der Waals surface area contributed by atoms with E-state index < -0.39 is 0 Å². The Morgan fingerprint density at radius 1 is 1.00 bits per heavy atom. The summed E-state index contributed by atoms with van der Waals surface area (Å²) in [5.74, 6) is 1.96. The van der Waals surface area contributed by atoms with E-state index in [0.29, 0.717) is 11.8 Å². The van der Waals surface area contributed by atoms with Gasteiger partial charge in [0.15, 0.2) is 0 Å². The molecule has 0 radical (unpaired) electrons. The number of hydrogen-bond donors (Lipinski definition) is 2. The Morgan fingerprint density at radius 2 is 1.87 bits per heavy atom. The summed E-state index contributed by atoms with van der Waals surface area (Å²) in [6, 6.07) is 17.3. The third kappa shape index (κ3) is 3.98. The average Bonchev–Trinajstić information content (AvgIpc) is 2.56. The highest BCUT2D eigenvalue weighted by atomic mass is 79.9. The van der Waals surface area contributed by atoms with Gasteiger partial charge in [0.1, 0.15) is 11.6 Å². The molecule has 0 spiro atoms. The molecule has 5 nitrogen and oxygen atoms in total. The number of methoxy groups -OCH3 is 1. The van der Waals surface area contributed by atoms with Gasteiger partial charge in [0, 0.05) is 16.4 Å². The lowest BCUT2D eigenvalue weighted by atomic mass is 10.3. The van der Waals surface area contributed by atoms with Crippen LogP contribution in [0.1, 0.15) is 0 Å². The highest BCUT2D eigenvalue weighted by Crippen LogP contribution is 2.26. The molecule has 0 unspecified atom stereocenters. The molecule has 116 valence electrons. The molecule has 2 N–H and O–H groups in total. The number of benzene rings is 2. The van der Waals surface area contributed by atoms with Crippen molar-refractivity contribution in [2.24, 2.45) is 0 Å². The van der Waals surface area contributed by atoms with Gasteiger partial charge in [-0.25, -0.2) is 4.98 Å². The Balaban J connectivity index is 1.80. The number of rotatable bonds is 5. The highest BCUT2D eigenvalue weighted by Gasteiger charge is 2.04. The number of aromatic nitrogens is 2. The van der Waals surface area contributed by atoms with Gasteiger partial charge in [-0.05, 0) is 36.4 Å². The van der Waals surface area contributed by atoms with Gasteiger partial charge in [0.05, 0.1) is 12.8 Å². The second kappa shape index (κ2) is 7.11. The van der Waals surface area contributed by atoms with E-state index in [-0.39, 0.29) is 0 Å². The third-order valence-electron chi connectivity index (χ3n) is 3.11. The summed E-state index contributed by atoms with van der Waals surface area (Å²) in [7, 11) is 1.64. The van der Waals surface area contributed by atoms with Gasteiger partial charge < -0.3 is 15.4 Å². The number of nitrogens with zero attached hydrogens (tertiary/aromatic N) is 2.